The third-order valence-corrected chi connectivity index (χ3v) is 3.51. The van der Waals surface area contributed by atoms with Crippen molar-refractivity contribution in [3.63, 3.8) is 0 Å². The summed E-state index contributed by atoms with van der Waals surface area (Å²) < 4.78 is 10.4. The number of cyclic esters (lactones) is 1. The molecule has 0 N–H and O–H groups in total. The minimum absolute atomic E-state index is 0.0169. The Balaban J connectivity index is 1.91. The second-order valence-electron chi connectivity index (χ2n) is 4.90. The normalized spacial score (nSPS) is 21.6. The maximum atomic E-state index is 11.7. The van der Waals surface area contributed by atoms with Crippen LogP contribution in [0.1, 0.15) is 37.4 Å². The summed E-state index contributed by atoms with van der Waals surface area (Å²) in [5, 5.41) is 10.4. The quantitative estimate of drug-likeness (QED) is 0.731. The summed E-state index contributed by atoms with van der Waals surface area (Å²) in [6.45, 7) is 0. The van der Waals surface area contributed by atoms with Gasteiger partial charge in [-0.25, -0.2) is 0 Å². The predicted molar refractivity (Wildman–Crippen MR) is 68.8 cm³/mol. The maximum absolute atomic E-state index is 11.7. The van der Waals surface area contributed by atoms with Crippen molar-refractivity contribution in [2.75, 3.05) is 7.11 Å². The van der Waals surface area contributed by atoms with Gasteiger partial charge in [0.25, 0.3) is 0 Å². The number of rotatable bonds is 6. The zero-order valence-electron chi connectivity index (χ0n) is 11.3. The van der Waals surface area contributed by atoms with Crippen molar-refractivity contribution in [2.45, 2.75) is 31.8 Å². The Bertz CT molecular complexity index is 480. The molecule has 5 nitrogen and oxygen atoms in total. The van der Waals surface area contributed by atoms with Gasteiger partial charge in [0.2, 0.25) is 0 Å². The molecule has 1 fully saturated rings. The fourth-order valence-corrected chi connectivity index (χ4v) is 2.39. The number of carbonyl (C=O) groups is 2. The lowest BCUT2D eigenvalue weighted by Crippen LogP contribution is -2.22. The smallest absolute Gasteiger partial charge is 0.309 e. The Kier molecular flexibility index (Phi) is 4.61. The summed E-state index contributed by atoms with van der Waals surface area (Å²) in [7, 11) is 1.60. The first-order chi connectivity index (χ1) is 9.60. The molecule has 0 aliphatic carbocycles. The van der Waals surface area contributed by atoms with E-state index in [1.165, 1.54) is 0 Å². The van der Waals surface area contributed by atoms with Crippen LogP contribution in [-0.4, -0.2) is 19.0 Å². The van der Waals surface area contributed by atoms with Gasteiger partial charge in [-0.3, -0.25) is 4.79 Å². The van der Waals surface area contributed by atoms with E-state index < -0.39 is 5.97 Å². The topological polar surface area (TPSA) is 75.7 Å². The molecule has 5 heteroatoms. The molecular formula is C15H17O5-. The maximum Gasteiger partial charge on any atom is 0.309 e. The molecule has 1 heterocycles. The molecule has 108 valence electrons. The van der Waals surface area contributed by atoms with Gasteiger partial charge in [0.15, 0.2) is 0 Å². The van der Waals surface area contributed by atoms with E-state index in [0.29, 0.717) is 19.3 Å². The highest BCUT2D eigenvalue weighted by Gasteiger charge is 2.34. The lowest BCUT2D eigenvalue weighted by molar-refractivity contribution is -0.305. The van der Waals surface area contributed by atoms with E-state index >= 15 is 0 Å². The molecule has 0 spiro atoms. The van der Waals surface area contributed by atoms with Crippen molar-refractivity contribution in [3.8, 4) is 5.75 Å². The van der Waals surface area contributed by atoms with E-state index in [4.69, 9.17) is 9.47 Å². The molecule has 2 atom stereocenters. The van der Waals surface area contributed by atoms with E-state index in [-0.39, 0.29) is 24.4 Å². The van der Waals surface area contributed by atoms with Crippen molar-refractivity contribution < 1.29 is 24.2 Å². The first-order valence-electron chi connectivity index (χ1n) is 6.64. The zero-order chi connectivity index (χ0) is 14.5. The van der Waals surface area contributed by atoms with Gasteiger partial charge in [0.05, 0.1) is 13.0 Å². The van der Waals surface area contributed by atoms with E-state index in [1.54, 1.807) is 7.11 Å². The van der Waals surface area contributed by atoms with Gasteiger partial charge in [-0.1, -0.05) is 12.1 Å². The summed E-state index contributed by atoms with van der Waals surface area (Å²) in [6.07, 6.45) is 1.30. The van der Waals surface area contributed by atoms with Crippen LogP contribution >= 0.6 is 0 Å². The van der Waals surface area contributed by atoms with Gasteiger partial charge < -0.3 is 19.4 Å². The summed E-state index contributed by atoms with van der Waals surface area (Å²) >= 11 is 0. The van der Waals surface area contributed by atoms with Crippen LogP contribution in [-0.2, 0) is 14.3 Å². The van der Waals surface area contributed by atoms with E-state index in [1.807, 2.05) is 24.3 Å². The minimum atomic E-state index is -1.08. The third-order valence-electron chi connectivity index (χ3n) is 3.51. The molecule has 0 radical (unpaired) electrons. The molecule has 0 saturated carbocycles. The standard InChI is InChI=1S/C15H18O5/c1-19-12-7-5-10(6-8-12)13-9-11(15(18)20-13)3-2-4-14(16)17/h5-8,11,13H,2-4,9H2,1H3,(H,16,17)/p-1/t11-,13+/m0/s1. The molecule has 1 aliphatic rings. The van der Waals surface area contributed by atoms with Crippen molar-refractivity contribution in [2.24, 2.45) is 5.92 Å². The first-order valence-corrected chi connectivity index (χ1v) is 6.64. The van der Waals surface area contributed by atoms with Crippen LogP contribution in [0.5, 0.6) is 5.75 Å². The van der Waals surface area contributed by atoms with Crippen LogP contribution in [0.25, 0.3) is 0 Å². The van der Waals surface area contributed by atoms with Crippen LogP contribution in [0, 0.1) is 5.92 Å². The van der Waals surface area contributed by atoms with Crippen LogP contribution in [0.2, 0.25) is 0 Å². The number of carboxylic acid groups (broad SMARTS) is 1. The Labute approximate surface area is 117 Å². The minimum Gasteiger partial charge on any atom is -0.550 e. The van der Waals surface area contributed by atoms with Crippen molar-refractivity contribution >= 4 is 11.9 Å². The van der Waals surface area contributed by atoms with E-state index in [2.05, 4.69) is 0 Å². The number of hydrogen-bond acceptors (Lipinski definition) is 5. The summed E-state index contributed by atoms with van der Waals surface area (Å²) in [6, 6.07) is 7.40. The number of hydrogen-bond donors (Lipinski definition) is 0. The highest BCUT2D eigenvalue weighted by Crippen LogP contribution is 2.36. The molecule has 0 bridgehead atoms. The Morgan fingerprint density at radius 1 is 1.40 bits per heavy atom. The number of esters is 1. The number of carboxylic acids is 1. The Morgan fingerprint density at radius 2 is 2.10 bits per heavy atom. The molecule has 20 heavy (non-hydrogen) atoms. The molecule has 2 rings (SSSR count). The molecule has 0 aromatic heterocycles. The molecule has 1 aromatic rings. The van der Waals surface area contributed by atoms with Gasteiger partial charge in [-0.2, -0.15) is 0 Å². The summed E-state index contributed by atoms with van der Waals surface area (Å²) in [5.41, 5.74) is 0.932. The molecule has 1 aromatic carbocycles. The third kappa shape index (κ3) is 3.50. The van der Waals surface area contributed by atoms with Crippen molar-refractivity contribution in [1.82, 2.24) is 0 Å². The average molecular weight is 277 g/mol. The zero-order valence-corrected chi connectivity index (χ0v) is 11.3. The van der Waals surface area contributed by atoms with Gasteiger partial charge in [0, 0.05) is 12.4 Å². The Morgan fingerprint density at radius 3 is 2.70 bits per heavy atom. The lowest BCUT2D eigenvalue weighted by atomic mass is 9.95. The molecule has 1 aliphatic heterocycles. The summed E-state index contributed by atoms with van der Waals surface area (Å²) in [4.78, 5) is 22.1. The largest absolute Gasteiger partial charge is 0.550 e. The van der Waals surface area contributed by atoms with Gasteiger partial charge in [-0.05, 0) is 37.0 Å². The number of carbonyl (C=O) groups excluding carboxylic acids is 2. The summed E-state index contributed by atoms with van der Waals surface area (Å²) in [5.74, 6) is -0.794. The fourth-order valence-electron chi connectivity index (χ4n) is 2.39. The predicted octanol–water partition coefficient (Wildman–Crippen LogP) is 1.22. The van der Waals surface area contributed by atoms with E-state index in [0.717, 1.165) is 11.3 Å². The number of methoxy groups -OCH3 is 1. The highest BCUT2D eigenvalue weighted by molar-refractivity contribution is 5.75. The molecule has 0 amide bonds. The van der Waals surface area contributed by atoms with Crippen LogP contribution < -0.4 is 9.84 Å². The van der Waals surface area contributed by atoms with Crippen molar-refractivity contribution in [1.29, 1.82) is 0 Å². The fraction of sp³-hybridized carbons (Fsp3) is 0.467. The van der Waals surface area contributed by atoms with Crippen LogP contribution in [0.4, 0.5) is 0 Å². The van der Waals surface area contributed by atoms with Crippen LogP contribution in [0.3, 0.4) is 0 Å². The average Bonchev–Trinajstić information content (AvgIpc) is 2.80. The van der Waals surface area contributed by atoms with E-state index in [9.17, 15) is 14.7 Å². The van der Waals surface area contributed by atoms with Crippen molar-refractivity contribution in [3.05, 3.63) is 29.8 Å². The number of ether oxygens (including phenoxy) is 2. The lowest BCUT2D eigenvalue weighted by Gasteiger charge is -2.09. The monoisotopic (exact) mass is 277 g/mol. The van der Waals surface area contributed by atoms with Gasteiger partial charge in [0.1, 0.15) is 11.9 Å². The first kappa shape index (κ1) is 14.4. The number of aliphatic carboxylic acids is 1. The van der Waals surface area contributed by atoms with Gasteiger partial charge in [-0.15, -0.1) is 0 Å². The Hall–Kier alpha value is -2.04. The SMILES string of the molecule is COc1ccc([C@H]2C[C@H](CCCC(=O)[O-])C(=O)O2)cc1. The molecular weight excluding hydrogens is 260 g/mol. The second kappa shape index (κ2) is 6.41. The number of benzene rings is 1. The van der Waals surface area contributed by atoms with Gasteiger partial charge >= 0.3 is 5.97 Å². The second-order valence-corrected chi connectivity index (χ2v) is 4.90. The highest BCUT2D eigenvalue weighted by atomic mass is 16.6. The van der Waals surface area contributed by atoms with Crippen LogP contribution in [0.15, 0.2) is 24.3 Å². The molecule has 1 saturated heterocycles. The molecule has 0 unspecified atom stereocenters.